The molecule has 0 bridgehead atoms. The summed E-state index contributed by atoms with van der Waals surface area (Å²) in [6, 6.07) is 5.43. The highest BCUT2D eigenvalue weighted by Gasteiger charge is 2.29. The van der Waals surface area contributed by atoms with Crippen molar-refractivity contribution >= 4 is 17.4 Å². The van der Waals surface area contributed by atoms with Crippen LogP contribution in [-0.2, 0) is 6.54 Å². The van der Waals surface area contributed by atoms with E-state index in [1.807, 2.05) is 23.9 Å². The van der Waals surface area contributed by atoms with Crippen LogP contribution in [0.5, 0.6) is 0 Å². The first kappa shape index (κ1) is 15.6. The number of nitrogens with zero attached hydrogens (tertiary/aromatic N) is 1. The van der Waals surface area contributed by atoms with E-state index >= 15 is 0 Å². The largest absolute Gasteiger partial charge is 0.367 e. The number of benzene rings is 1. The first-order valence-corrected chi connectivity index (χ1v) is 8.39. The Morgan fingerprint density at radius 3 is 2.90 bits per heavy atom. The number of nitrogens with one attached hydrogen (secondary N) is 1. The molecule has 1 heterocycles. The SMILES string of the molecule is CCCNCc1cccc(F)c1N1CCSC(C)(C)C1. The lowest BCUT2D eigenvalue weighted by Crippen LogP contribution is -2.44. The number of para-hydroxylation sites is 1. The normalized spacial score (nSPS) is 18.3. The molecule has 0 spiro atoms. The Kier molecular flexibility index (Phi) is 5.33. The predicted molar refractivity (Wildman–Crippen MR) is 87.1 cm³/mol. The van der Waals surface area contributed by atoms with Gasteiger partial charge in [0, 0.05) is 30.1 Å². The van der Waals surface area contributed by atoms with Crippen molar-refractivity contribution in [2.24, 2.45) is 0 Å². The van der Waals surface area contributed by atoms with Gasteiger partial charge in [-0.3, -0.25) is 0 Å². The Morgan fingerprint density at radius 1 is 1.40 bits per heavy atom. The van der Waals surface area contributed by atoms with Gasteiger partial charge in [0.05, 0.1) is 5.69 Å². The molecule has 0 radical (unpaired) electrons. The smallest absolute Gasteiger partial charge is 0.146 e. The van der Waals surface area contributed by atoms with Gasteiger partial charge in [0.2, 0.25) is 0 Å². The van der Waals surface area contributed by atoms with Crippen molar-refractivity contribution in [1.29, 1.82) is 0 Å². The molecule has 1 fully saturated rings. The van der Waals surface area contributed by atoms with Crippen molar-refractivity contribution in [2.45, 2.75) is 38.5 Å². The summed E-state index contributed by atoms with van der Waals surface area (Å²) < 4.78 is 14.5. The Balaban J connectivity index is 2.20. The summed E-state index contributed by atoms with van der Waals surface area (Å²) in [5.41, 5.74) is 1.87. The summed E-state index contributed by atoms with van der Waals surface area (Å²) in [7, 11) is 0. The zero-order valence-electron chi connectivity index (χ0n) is 12.7. The first-order valence-electron chi connectivity index (χ1n) is 7.40. The number of hydrogen-bond donors (Lipinski definition) is 1. The van der Waals surface area contributed by atoms with Crippen molar-refractivity contribution in [3.8, 4) is 0 Å². The van der Waals surface area contributed by atoms with Gasteiger partial charge >= 0.3 is 0 Å². The van der Waals surface area contributed by atoms with Crippen molar-refractivity contribution < 1.29 is 4.39 Å². The van der Waals surface area contributed by atoms with E-state index in [9.17, 15) is 4.39 Å². The lowest BCUT2D eigenvalue weighted by molar-refractivity contribution is 0.589. The molecule has 2 rings (SSSR count). The predicted octanol–water partition coefficient (Wildman–Crippen LogP) is 3.66. The fourth-order valence-corrected chi connectivity index (χ4v) is 3.78. The summed E-state index contributed by atoms with van der Waals surface area (Å²) in [5.74, 6) is 0.965. The third-order valence-corrected chi connectivity index (χ3v) is 4.85. The van der Waals surface area contributed by atoms with Crippen LogP contribution in [0.15, 0.2) is 18.2 Å². The molecule has 2 nitrogen and oxygen atoms in total. The van der Waals surface area contributed by atoms with Gasteiger partial charge in [0.25, 0.3) is 0 Å². The molecule has 1 aliphatic heterocycles. The standard InChI is InChI=1S/C16H25FN2S/c1-4-8-18-11-13-6-5-7-14(17)15(13)19-9-10-20-16(2,3)12-19/h5-7,18H,4,8-12H2,1-3H3. The lowest BCUT2D eigenvalue weighted by Gasteiger charge is -2.39. The van der Waals surface area contributed by atoms with Crippen LogP contribution < -0.4 is 10.2 Å². The highest BCUT2D eigenvalue weighted by molar-refractivity contribution is 8.00. The molecule has 1 aromatic carbocycles. The molecule has 0 aromatic heterocycles. The van der Waals surface area contributed by atoms with E-state index in [1.54, 1.807) is 6.07 Å². The second-order valence-electron chi connectivity index (χ2n) is 5.95. The van der Waals surface area contributed by atoms with Crippen molar-refractivity contribution in [1.82, 2.24) is 5.32 Å². The quantitative estimate of drug-likeness (QED) is 0.835. The number of thioether (sulfide) groups is 1. The van der Waals surface area contributed by atoms with Crippen LogP contribution in [0.2, 0.25) is 0 Å². The van der Waals surface area contributed by atoms with Crippen LogP contribution in [0.25, 0.3) is 0 Å². The third-order valence-electron chi connectivity index (χ3n) is 3.55. The van der Waals surface area contributed by atoms with E-state index in [1.165, 1.54) is 0 Å². The molecule has 1 N–H and O–H groups in total. The molecular weight excluding hydrogens is 271 g/mol. The Bertz CT molecular complexity index is 448. The third kappa shape index (κ3) is 3.89. The van der Waals surface area contributed by atoms with Gasteiger partial charge < -0.3 is 10.2 Å². The van der Waals surface area contributed by atoms with E-state index in [0.717, 1.165) is 49.6 Å². The summed E-state index contributed by atoms with van der Waals surface area (Å²) in [6.45, 7) is 10.2. The molecule has 1 aromatic rings. The van der Waals surface area contributed by atoms with Crippen LogP contribution in [0.1, 0.15) is 32.8 Å². The molecule has 0 atom stereocenters. The van der Waals surface area contributed by atoms with Gasteiger partial charge in [-0.1, -0.05) is 19.1 Å². The number of hydrogen-bond acceptors (Lipinski definition) is 3. The van der Waals surface area contributed by atoms with Crippen molar-refractivity contribution in [3.05, 3.63) is 29.6 Å². The molecule has 0 saturated carbocycles. The highest BCUT2D eigenvalue weighted by atomic mass is 32.2. The van der Waals surface area contributed by atoms with Gasteiger partial charge in [-0.2, -0.15) is 11.8 Å². The monoisotopic (exact) mass is 296 g/mol. The van der Waals surface area contributed by atoms with Gasteiger partial charge in [0.1, 0.15) is 5.82 Å². The molecule has 0 unspecified atom stereocenters. The second-order valence-corrected chi connectivity index (χ2v) is 7.76. The molecule has 1 aliphatic rings. The van der Waals surface area contributed by atoms with Crippen LogP contribution >= 0.6 is 11.8 Å². The second kappa shape index (κ2) is 6.81. The maximum absolute atomic E-state index is 14.3. The zero-order chi connectivity index (χ0) is 14.6. The van der Waals surface area contributed by atoms with Crippen LogP contribution in [0.4, 0.5) is 10.1 Å². The number of halogens is 1. The van der Waals surface area contributed by atoms with Crippen LogP contribution in [0, 0.1) is 5.82 Å². The first-order chi connectivity index (χ1) is 9.53. The van der Waals surface area contributed by atoms with Gasteiger partial charge in [-0.25, -0.2) is 4.39 Å². The van der Waals surface area contributed by atoms with Gasteiger partial charge in [0.15, 0.2) is 0 Å². The maximum atomic E-state index is 14.3. The Labute approximate surface area is 126 Å². The summed E-state index contributed by atoms with van der Waals surface area (Å²) in [5, 5.41) is 3.38. The van der Waals surface area contributed by atoms with Crippen molar-refractivity contribution in [2.75, 3.05) is 30.3 Å². The molecule has 20 heavy (non-hydrogen) atoms. The summed E-state index contributed by atoms with van der Waals surface area (Å²) >= 11 is 1.97. The zero-order valence-corrected chi connectivity index (χ0v) is 13.5. The Morgan fingerprint density at radius 2 is 2.20 bits per heavy atom. The van der Waals surface area contributed by atoms with Gasteiger partial charge in [-0.15, -0.1) is 0 Å². The average Bonchev–Trinajstić information content (AvgIpc) is 2.38. The number of anilines is 1. The van der Waals surface area contributed by atoms with Gasteiger partial charge in [-0.05, 0) is 38.4 Å². The minimum atomic E-state index is -0.0940. The topological polar surface area (TPSA) is 15.3 Å². The summed E-state index contributed by atoms with van der Waals surface area (Å²) in [6.07, 6.45) is 1.10. The molecule has 4 heteroatoms. The molecule has 0 aliphatic carbocycles. The van der Waals surface area contributed by atoms with E-state index in [2.05, 4.69) is 31.0 Å². The Hall–Kier alpha value is -0.740. The van der Waals surface area contributed by atoms with Crippen LogP contribution in [-0.4, -0.2) is 30.1 Å². The van der Waals surface area contributed by atoms with Crippen LogP contribution in [0.3, 0.4) is 0 Å². The van der Waals surface area contributed by atoms with E-state index in [0.29, 0.717) is 0 Å². The highest BCUT2D eigenvalue weighted by Crippen LogP contribution is 2.34. The fraction of sp³-hybridized carbons (Fsp3) is 0.625. The number of rotatable bonds is 5. The van der Waals surface area contributed by atoms with Crippen molar-refractivity contribution in [3.63, 3.8) is 0 Å². The molecular formula is C16H25FN2S. The van der Waals surface area contributed by atoms with E-state index in [-0.39, 0.29) is 10.6 Å². The minimum absolute atomic E-state index is 0.0940. The van der Waals surface area contributed by atoms with E-state index in [4.69, 9.17) is 0 Å². The lowest BCUT2D eigenvalue weighted by atomic mass is 10.1. The fourth-order valence-electron chi connectivity index (χ4n) is 2.66. The molecule has 112 valence electrons. The maximum Gasteiger partial charge on any atom is 0.146 e. The molecule has 1 saturated heterocycles. The average molecular weight is 296 g/mol. The molecule has 0 amide bonds. The van der Waals surface area contributed by atoms with E-state index < -0.39 is 0 Å². The minimum Gasteiger partial charge on any atom is -0.367 e. The summed E-state index contributed by atoms with van der Waals surface area (Å²) in [4.78, 5) is 2.22.